The van der Waals surface area contributed by atoms with Crippen LogP contribution in [0.3, 0.4) is 0 Å². The molecule has 0 unspecified atom stereocenters. The molecule has 2 aliphatic carbocycles. The lowest BCUT2D eigenvalue weighted by molar-refractivity contribution is -0.250. The monoisotopic (exact) mass is 470 g/mol. The lowest BCUT2D eigenvalue weighted by Crippen LogP contribution is -2.72. The molecule has 0 amide bonds. The number of Topliss-reactive ketones (excluding diaryl/α,β-unsaturated/α-hetero) is 1. The maximum absolute atomic E-state index is 14.1. The second-order valence-corrected chi connectivity index (χ2v) is 11.1. The number of rotatable bonds is 1. The summed E-state index contributed by atoms with van der Waals surface area (Å²) < 4.78 is 22.4. The predicted octanol–water partition coefficient (Wildman–Crippen LogP) is 2.81. The smallest absolute Gasteiger partial charge is 0.332 e. The Morgan fingerprint density at radius 1 is 1.18 bits per heavy atom. The highest BCUT2D eigenvalue weighted by atomic mass is 16.7. The molecule has 3 aliphatic heterocycles. The van der Waals surface area contributed by atoms with Gasteiger partial charge in [-0.05, 0) is 63.2 Å². The molecular weight excluding hydrogens is 440 g/mol. The van der Waals surface area contributed by atoms with Crippen LogP contribution in [0, 0.1) is 28.1 Å². The Labute approximate surface area is 198 Å². The summed E-state index contributed by atoms with van der Waals surface area (Å²) in [5.41, 5.74) is -2.83. The fourth-order valence-corrected chi connectivity index (χ4v) is 7.44. The van der Waals surface area contributed by atoms with E-state index in [1.165, 1.54) is 13.2 Å². The maximum atomic E-state index is 14.1. The first-order chi connectivity index (χ1) is 15.8. The summed E-state index contributed by atoms with van der Waals surface area (Å²) in [4.78, 5) is 53.6. The van der Waals surface area contributed by atoms with Gasteiger partial charge in [0, 0.05) is 11.5 Å². The number of fused-ring (bicyclic) bond motifs is 3. The molecule has 0 spiro atoms. The van der Waals surface area contributed by atoms with E-state index in [1.54, 1.807) is 27.7 Å². The van der Waals surface area contributed by atoms with Gasteiger partial charge in [-0.2, -0.15) is 0 Å². The standard InChI is InChI=1S/C26H30O8/c1-12-14-10-17(27)34-23(3,4)15(14)8-9-25(6)16(12)11-24(5)18-20(33-21(24)29)32-13(2)19(28)26(18,25)22(30)31-7/h8,10,13,16,18,20H,1,9,11H2,2-7H3/t13-,16-,18+,20+,24+,25-,26+/m0/s1. The molecule has 0 radical (unpaired) electrons. The molecule has 0 N–H and O–H groups in total. The molecular formula is C26H30O8. The molecule has 182 valence electrons. The minimum Gasteiger partial charge on any atom is -0.468 e. The van der Waals surface area contributed by atoms with Gasteiger partial charge in [0.05, 0.1) is 18.4 Å². The van der Waals surface area contributed by atoms with Crippen molar-refractivity contribution in [3.63, 3.8) is 0 Å². The zero-order valence-electron chi connectivity index (χ0n) is 20.4. The van der Waals surface area contributed by atoms with Crippen LogP contribution in [0.4, 0.5) is 0 Å². The van der Waals surface area contributed by atoms with Crippen molar-refractivity contribution in [3.8, 4) is 0 Å². The molecule has 3 heterocycles. The van der Waals surface area contributed by atoms with Crippen LogP contribution < -0.4 is 0 Å². The summed E-state index contributed by atoms with van der Waals surface area (Å²) in [6.07, 6.45) is 1.95. The Morgan fingerprint density at radius 3 is 2.50 bits per heavy atom. The minimum absolute atomic E-state index is 0.292. The van der Waals surface area contributed by atoms with E-state index in [2.05, 4.69) is 6.58 Å². The van der Waals surface area contributed by atoms with Crippen molar-refractivity contribution >= 4 is 23.7 Å². The number of esters is 3. The Kier molecular flexibility index (Phi) is 4.53. The van der Waals surface area contributed by atoms with Crippen molar-refractivity contribution in [2.75, 3.05) is 7.11 Å². The van der Waals surface area contributed by atoms with Gasteiger partial charge in [-0.15, -0.1) is 0 Å². The largest absolute Gasteiger partial charge is 0.468 e. The lowest BCUT2D eigenvalue weighted by atomic mass is 9.39. The normalized spacial score (nSPS) is 44.4. The molecule has 0 aromatic heterocycles. The van der Waals surface area contributed by atoms with E-state index in [4.69, 9.17) is 18.9 Å². The molecule has 7 atom stereocenters. The van der Waals surface area contributed by atoms with E-state index >= 15 is 0 Å². The van der Waals surface area contributed by atoms with E-state index in [1.807, 2.05) is 13.0 Å². The van der Waals surface area contributed by atoms with E-state index in [-0.39, 0.29) is 0 Å². The number of ketones is 1. The van der Waals surface area contributed by atoms with Gasteiger partial charge in [-0.3, -0.25) is 14.4 Å². The first-order valence-corrected chi connectivity index (χ1v) is 11.6. The van der Waals surface area contributed by atoms with Crippen LogP contribution in [0.15, 0.2) is 35.5 Å². The average molecular weight is 471 g/mol. The Morgan fingerprint density at radius 2 is 1.85 bits per heavy atom. The molecule has 8 nitrogen and oxygen atoms in total. The number of methoxy groups -OCH3 is 1. The van der Waals surface area contributed by atoms with Crippen LogP contribution in [-0.4, -0.2) is 48.8 Å². The number of hydrogen-bond acceptors (Lipinski definition) is 8. The lowest BCUT2D eigenvalue weighted by Gasteiger charge is -2.61. The second-order valence-electron chi connectivity index (χ2n) is 11.1. The molecule has 0 aromatic rings. The Balaban J connectivity index is 1.83. The fraction of sp³-hybridized carbons (Fsp3) is 0.615. The van der Waals surface area contributed by atoms with Crippen molar-refractivity contribution in [3.05, 3.63) is 35.5 Å². The summed E-state index contributed by atoms with van der Waals surface area (Å²) in [6, 6.07) is 0. The number of carbonyl (C=O) groups is 4. The van der Waals surface area contributed by atoms with Crippen molar-refractivity contribution in [1.82, 2.24) is 0 Å². The van der Waals surface area contributed by atoms with Gasteiger partial charge in [-0.25, -0.2) is 4.79 Å². The van der Waals surface area contributed by atoms with Gasteiger partial charge in [0.25, 0.3) is 0 Å². The average Bonchev–Trinajstić information content (AvgIpc) is 2.93. The van der Waals surface area contributed by atoms with Gasteiger partial charge in [0.15, 0.2) is 5.78 Å². The highest BCUT2D eigenvalue weighted by Gasteiger charge is 2.81. The first kappa shape index (κ1) is 23.0. The zero-order chi connectivity index (χ0) is 25.0. The quantitative estimate of drug-likeness (QED) is 0.327. The molecule has 3 fully saturated rings. The van der Waals surface area contributed by atoms with Crippen LogP contribution in [0.5, 0.6) is 0 Å². The molecule has 0 aromatic carbocycles. The van der Waals surface area contributed by atoms with E-state index < -0.39 is 69.8 Å². The topological polar surface area (TPSA) is 105 Å². The van der Waals surface area contributed by atoms with Crippen molar-refractivity contribution in [1.29, 1.82) is 0 Å². The summed E-state index contributed by atoms with van der Waals surface area (Å²) in [5, 5.41) is 0. The van der Waals surface area contributed by atoms with Gasteiger partial charge >= 0.3 is 17.9 Å². The molecule has 34 heavy (non-hydrogen) atoms. The van der Waals surface area contributed by atoms with Gasteiger partial charge in [-0.1, -0.05) is 19.6 Å². The van der Waals surface area contributed by atoms with E-state index in [9.17, 15) is 19.2 Å². The van der Waals surface area contributed by atoms with Gasteiger partial charge < -0.3 is 18.9 Å². The number of hydrogen-bond donors (Lipinski definition) is 0. The Hall–Kier alpha value is -2.74. The van der Waals surface area contributed by atoms with Crippen molar-refractivity contribution < 1.29 is 38.1 Å². The van der Waals surface area contributed by atoms with Crippen molar-refractivity contribution in [2.24, 2.45) is 28.1 Å². The third-order valence-corrected chi connectivity index (χ3v) is 9.07. The number of carbonyl (C=O) groups excluding carboxylic acids is 4. The highest BCUT2D eigenvalue weighted by Crippen LogP contribution is 2.72. The Bertz CT molecular complexity index is 1130. The minimum atomic E-state index is -1.71. The third-order valence-electron chi connectivity index (χ3n) is 9.07. The van der Waals surface area contributed by atoms with Crippen LogP contribution in [0.2, 0.25) is 0 Å². The number of ether oxygens (including phenoxy) is 4. The molecule has 2 saturated heterocycles. The number of allylic oxidation sites excluding steroid dienone is 2. The fourth-order valence-electron chi connectivity index (χ4n) is 7.44. The molecule has 5 rings (SSSR count). The van der Waals surface area contributed by atoms with E-state index in [0.29, 0.717) is 24.0 Å². The predicted molar refractivity (Wildman–Crippen MR) is 118 cm³/mol. The first-order valence-electron chi connectivity index (χ1n) is 11.6. The van der Waals surface area contributed by atoms with Crippen LogP contribution in [0.25, 0.3) is 0 Å². The van der Waals surface area contributed by atoms with Gasteiger partial charge in [0.1, 0.15) is 17.1 Å². The summed E-state index contributed by atoms with van der Waals surface area (Å²) in [5.74, 6) is -3.46. The molecule has 5 aliphatic rings. The summed E-state index contributed by atoms with van der Waals surface area (Å²) in [6.45, 7) is 13.1. The number of cyclic esters (lactones) is 1. The van der Waals surface area contributed by atoms with Crippen LogP contribution >= 0.6 is 0 Å². The van der Waals surface area contributed by atoms with E-state index in [0.717, 1.165) is 5.57 Å². The highest BCUT2D eigenvalue weighted by molar-refractivity contribution is 6.09. The molecule has 0 bridgehead atoms. The SMILES string of the molecule is C=C1C2=CC(=O)OC(C)(C)C2=CC[C@@]2(C)[C@H]1C[C@@]1(C)C(=O)O[C@H]3O[C@@H](C)C(=O)[C@@]2(C(=O)OC)[C@H]31. The van der Waals surface area contributed by atoms with Crippen LogP contribution in [-0.2, 0) is 38.1 Å². The zero-order valence-corrected chi connectivity index (χ0v) is 20.4. The van der Waals surface area contributed by atoms with Gasteiger partial charge in [0.2, 0.25) is 6.29 Å². The van der Waals surface area contributed by atoms with Crippen LogP contribution in [0.1, 0.15) is 47.5 Å². The summed E-state index contributed by atoms with van der Waals surface area (Å²) >= 11 is 0. The maximum Gasteiger partial charge on any atom is 0.332 e. The van der Waals surface area contributed by atoms with Crippen molar-refractivity contribution in [2.45, 2.75) is 65.5 Å². The summed E-state index contributed by atoms with van der Waals surface area (Å²) in [7, 11) is 1.25. The third kappa shape index (κ3) is 2.42. The second kappa shape index (κ2) is 6.68. The molecule has 8 heteroatoms. The molecule has 1 saturated carbocycles.